The Bertz CT molecular complexity index is 195. The van der Waals surface area contributed by atoms with Crippen LogP contribution in [-0.2, 0) is 9.47 Å². The molecule has 0 bridgehead atoms. The molecule has 0 aliphatic carbocycles. The van der Waals surface area contributed by atoms with Crippen molar-refractivity contribution in [3.05, 3.63) is 0 Å². The lowest BCUT2D eigenvalue weighted by Gasteiger charge is -2.20. The van der Waals surface area contributed by atoms with Crippen molar-refractivity contribution in [3.8, 4) is 0 Å². The maximum Gasteiger partial charge on any atom is 0.0936 e. The van der Waals surface area contributed by atoms with Gasteiger partial charge in [0.15, 0.2) is 0 Å². The van der Waals surface area contributed by atoms with Crippen LogP contribution in [0.5, 0.6) is 0 Å². The monoisotopic (exact) mass is 212 g/mol. The molecule has 3 saturated heterocycles. The molecule has 0 spiro atoms. The fraction of sp³-hybridized carbons (Fsp3) is 1.00. The molecule has 3 aliphatic heterocycles. The van der Waals surface area contributed by atoms with E-state index in [1.54, 1.807) is 0 Å². The third-order valence-electron chi connectivity index (χ3n) is 3.41. The Morgan fingerprint density at radius 3 is 1.67 bits per heavy atom. The van der Waals surface area contributed by atoms with Gasteiger partial charge in [0, 0.05) is 26.2 Å². The van der Waals surface area contributed by atoms with E-state index in [9.17, 15) is 0 Å². The first-order valence-electron chi connectivity index (χ1n) is 6.08. The number of hydrogen-bond acceptors (Lipinski definition) is 4. The quantitative estimate of drug-likeness (QED) is 0.604. The first-order valence-corrected chi connectivity index (χ1v) is 6.08. The van der Waals surface area contributed by atoms with Gasteiger partial charge in [-0.2, -0.15) is 0 Å². The van der Waals surface area contributed by atoms with Crippen molar-refractivity contribution in [1.82, 2.24) is 9.80 Å². The maximum atomic E-state index is 5.28. The Hall–Kier alpha value is -0.160. The van der Waals surface area contributed by atoms with E-state index in [4.69, 9.17) is 9.47 Å². The molecule has 0 aromatic carbocycles. The summed E-state index contributed by atoms with van der Waals surface area (Å²) in [6.45, 7) is 9.14. The lowest BCUT2D eigenvalue weighted by Crippen LogP contribution is -2.34. The summed E-state index contributed by atoms with van der Waals surface area (Å²) < 4.78 is 10.6. The molecule has 0 radical (unpaired) electrons. The van der Waals surface area contributed by atoms with E-state index in [0.717, 1.165) is 26.3 Å². The van der Waals surface area contributed by atoms with Crippen molar-refractivity contribution in [3.63, 3.8) is 0 Å². The zero-order valence-electron chi connectivity index (χ0n) is 9.23. The fourth-order valence-electron chi connectivity index (χ4n) is 2.31. The van der Waals surface area contributed by atoms with Crippen LogP contribution >= 0.6 is 0 Å². The highest BCUT2D eigenvalue weighted by atomic mass is 16.6. The molecule has 0 aromatic heterocycles. The topological polar surface area (TPSA) is 31.5 Å². The summed E-state index contributed by atoms with van der Waals surface area (Å²) in [5.41, 5.74) is 0. The summed E-state index contributed by atoms with van der Waals surface area (Å²) in [6.07, 6.45) is 2.38. The highest BCUT2D eigenvalue weighted by Gasteiger charge is 2.29. The van der Waals surface area contributed by atoms with E-state index in [2.05, 4.69) is 9.80 Å². The second-order valence-corrected chi connectivity index (χ2v) is 4.87. The standard InChI is InChI=1S/C11H20N2O2/c1-2-12(6-10-8-14-10)4-5-13(3-1)7-11-9-15-11/h10-11H,1-9H2. The summed E-state index contributed by atoms with van der Waals surface area (Å²) in [7, 11) is 0. The minimum absolute atomic E-state index is 0.545. The minimum atomic E-state index is 0.545. The molecule has 0 amide bonds. The van der Waals surface area contributed by atoms with Crippen LogP contribution in [0.15, 0.2) is 0 Å². The summed E-state index contributed by atoms with van der Waals surface area (Å²) in [4.78, 5) is 5.09. The van der Waals surface area contributed by atoms with Crippen molar-refractivity contribution in [1.29, 1.82) is 0 Å². The summed E-state index contributed by atoms with van der Waals surface area (Å²) in [5.74, 6) is 0. The largest absolute Gasteiger partial charge is 0.372 e. The molecular formula is C11H20N2O2. The van der Waals surface area contributed by atoms with E-state index in [1.807, 2.05) is 0 Å². The van der Waals surface area contributed by atoms with E-state index in [-0.39, 0.29) is 0 Å². The van der Waals surface area contributed by atoms with Crippen LogP contribution < -0.4 is 0 Å². The Morgan fingerprint density at radius 2 is 1.27 bits per heavy atom. The van der Waals surface area contributed by atoms with Gasteiger partial charge >= 0.3 is 0 Å². The smallest absolute Gasteiger partial charge is 0.0936 e. The highest BCUT2D eigenvalue weighted by Crippen LogP contribution is 2.15. The molecule has 4 nitrogen and oxygen atoms in total. The average molecular weight is 212 g/mol. The van der Waals surface area contributed by atoms with Gasteiger partial charge in [0.2, 0.25) is 0 Å². The number of epoxide rings is 2. The number of hydrogen-bond donors (Lipinski definition) is 0. The van der Waals surface area contributed by atoms with Crippen molar-refractivity contribution in [2.45, 2.75) is 18.6 Å². The number of ether oxygens (including phenoxy) is 2. The second kappa shape index (κ2) is 4.37. The Labute approximate surface area is 91.1 Å². The molecule has 3 heterocycles. The van der Waals surface area contributed by atoms with Crippen LogP contribution in [0.3, 0.4) is 0 Å². The van der Waals surface area contributed by atoms with Gasteiger partial charge in [0.25, 0.3) is 0 Å². The lowest BCUT2D eigenvalue weighted by molar-refractivity contribution is 0.226. The fourth-order valence-corrected chi connectivity index (χ4v) is 2.31. The third-order valence-corrected chi connectivity index (χ3v) is 3.41. The molecule has 4 heteroatoms. The van der Waals surface area contributed by atoms with E-state index < -0.39 is 0 Å². The predicted octanol–water partition coefficient (Wildman–Crippen LogP) is -0.208. The average Bonchev–Trinajstić information content (AvgIpc) is 3.04. The van der Waals surface area contributed by atoms with Gasteiger partial charge in [-0.05, 0) is 19.5 Å². The van der Waals surface area contributed by atoms with Crippen molar-refractivity contribution >= 4 is 0 Å². The SMILES string of the molecule is C1CN(CC2CO2)CCN(CC2CO2)C1. The summed E-state index contributed by atoms with van der Waals surface area (Å²) >= 11 is 0. The maximum absolute atomic E-state index is 5.28. The van der Waals surface area contributed by atoms with Crippen molar-refractivity contribution < 1.29 is 9.47 Å². The summed E-state index contributed by atoms with van der Waals surface area (Å²) in [5, 5.41) is 0. The molecule has 3 fully saturated rings. The molecule has 3 rings (SSSR count). The van der Waals surface area contributed by atoms with Gasteiger partial charge in [0.1, 0.15) is 0 Å². The minimum Gasteiger partial charge on any atom is -0.372 e. The van der Waals surface area contributed by atoms with Gasteiger partial charge in [0.05, 0.1) is 25.4 Å². The first-order chi connectivity index (χ1) is 7.40. The Balaban J connectivity index is 1.42. The van der Waals surface area contributed by atoms with Gasteiger partial charge in [-0.25, -0.2) is 0 Å². The highest BCUT2D eigenvalue weighted by molar-refractivity contribution is 4.80. The number of nitrogens with zero attached hydrogens (tertiary/aromatic N) is 2. The van der Waals surface area contributed by atoms with Gasteiger partial charge in [-0.3, -0.25) is 9.80 Å². The molecule has 0 N–H and O–H groups in total. The van der Waals surface area contributed by atoms with Crippen molar-refractivity contribution in [2.75, 3.05) is 52.5 Å². The van der Waals surface area contributed by atoms with E-state index >= 15 is 0 Å². The zero-order chi connectivity index (χ0) is 10.1. The molecule has 0 aromatic rings. The van der Waals surface area contributed by atoms with Crippen LogP contribution in [0.2, 0.25) is 0 Å². The van der Waals surface area contributed by atoms with Gasteiger partial charge < -0.3 is 9.47 Å². The van der Waals surface area contributed by atoms with Crippen LogP contribution in [0, 0.1) is 0 Å². The molecule has 86 valence electrons. The predicted molar refractivity (Wildman–Crippen MR) is 57.0 cm³/mol. The summed E-state index contributed by atoms with van der Waals surface area (Å²) in [6, 6.07) is 0. The van der Waals surface area contributed by atoms with Crippen LogP contribution in [0.1, 0.15) is 6.42 Å². The van der Waals surface area contributed by atoms with E-state index in [0.29, 0.717) is 12.2 Å². The molecule has 0 saturated carbocycles. The molecule has 15 heavy (non-hydrogen) atoms. The Kier molecular flexibility index (Phi) is 2.92. The third kappa shape index (κ3) is 3.14. The molecular weight excluding hydrogens is 192 g/mol. The number of rotatable bonds is 4. The normalized spacial score (nSPS) is 37.6. The molecule has 3 aliphatic rings. The Morgan fingerprint density at radius 1 is 0.800 bits per heavy atom. The van der Waals surface area contributed by atoms with Crippen LogP contribution in [0.4, 0.5) is 0 Å². The van der Waals surface area contributed by atoms with Crippen LogP contribution in [0.25, 0.3) is 0 Å². The first kappa shape index (κ1) is 10.0. The van der Waals surface area contributed by atoms with E-state index in [1.165, 1.54) is 32.6 Å². The van der Waals surface area contributed by atoms with Gasteiger partial charge in [-0.15, -0.1) is 0 Å². The zero-order valence-corrected chi connectivity index (χ0v) is 9.23. The van der Waals surface area contributed by atoms with Gasteiger partial charge in [-0.1, -0.05) is 0 Å². The lowest BCUT2D eigenvalue weighted by atomic mass is 10.3. The molecule has 2 unspecified atom stereocenters. The molecule has 2 atom stereocenters. The van der Waals surface area contributed by atoms with Crippen molar-refractivity contribution in [2.24, 2.45) is 0 Å². The second-order valence-electron chi connectivity index (χ2n) is 4.87. The van der Waals surface area contributed by atoms with Crippen LogP contribution in [-0.4, -0.2) is 74.5 Å².